The van der Waals surface area contributed by atoms with Crippen molar-refractivity contribution in [2.45, 2.75) is 12.1 Å². The molecule has 1 aliphatic rings. The van der Waals surface area contributed by atoms with E-state index in [1.54, 1.807) is 11.3 Å². The highest BCUT2D eigenvalue weighted by atomic mass is 79.9. The quantitative estimate of drug-likeness (QED) is 0.928. The number of halogens is 1. The maximum Gasteiger partial charge on any atom is 0.0860 e. The van der Waals surface area contributed by atoms with Crippen molar-refractivity contribution in [2.24, 2.45) is 0 Å². The van der Waals surface area contributed by atoms with Crippen molar-refractivity contribution in [1.29, 1.82) is 0 Å². The third kappa shape index (κ3) is 2.77. The Hall–Kier alpha value is 0.450. The first-order valence-electron chi connectivity index (χ1n) is 4.91. The van der Waals surface area contributed by atoms with Gasteiger partial charge in [0.1, 0.15) is 0 Å². The maximum atomic E-state index is 5.81. The summed E-state index contributed by atoms with van der Waals surface area (Å²) in [5, 5.41) is 7.66. The van der Waals surface area contributed by atoms with E-state index in [4.69, 9.17) is 4.74 Å². The lowest BCUT2D eigenvalue weighted by Crippen LogP contribution is -2.36. The molecule has 1 aromatic heterocycles. The van der Waals surface area contributed by atoms with Crippen molar-refractivity contribution in [3.05, 3.63) is 20.8 Å². The van der Waals surface area contributed by atoms with Crippen LogP contribution in [0, 0.1) is 0 Å². The highest BCUT2D eigenvalue weighted by Crippen LogP contribution is 2.32. The molecule has 84 valence electrons. The van der Waals surface area contributed by atoms with Gasteiger partial charge in [-0.25, -0.2) is 0 Å². The van der Waals surface area contributed by atoms with Crippen LogP contribution in [0.2, 0.25) is 0 Å². The second kappa shape index (κ2) is 5.68. The van der Waals surface area contributed by atoms with Crippen LogP contribution in [0.1, 0.15) is 11.6 Å². The summed E-state index contributed by atoms with van der Waals surface area (Å²) in [5.41, 5.74) is 1.31. The van der Waals surface area contributed by atoms with Crippen LogP contribution in [0.5, 0.6) is 0 Å². The van der Waals surface area contributed by atoms with Gasteiger partial charge in [0.05, 0.1) is 18.8 Å². The first-order chi connectivity index (χ1) is 7.33. The zero-order valence-electron chi connectivity index (χ0n) is 8.53. The van der Waals surface area contributed by atoms with Crippen molar-refractivity contribution in [3.63, 3.8) is 0 Å². The fraction of sp³-hybridized carbons (Fsp3) is 0.600. The summed E-state index contributed by atoms with van der Waals surface area (Å²) in [4.78, 5) is 0. The Balaban J connectivity index is 2.12. The minimum Gasteiger partial charge on any atom is -0.375 e. The molecule has 15 heavy (non-hydrogen) atoms. The minimum absolute atomic E-state index is 0.291. The second-order valence-electron chi connectivity index (χ2n) is 3.43. The van der Waals surface area contributed by atoms with E-state index >= 15 is 0 Å². The van der Waals surface area contributed by atoms with Gasteiger partial charge in [-0.2, -0.15) is 23.1 Å². The molecular formula is C10H14BrNOS2. The fourth-order valence-electron chi connectivity index (χ4n) is 1.75. The molecule has 2 unspecified atom stereocenters. The predicted molar refractivity (Wildman–Crippen MR) is 70.9 cm³/mol. The molecule has 0 aromatic carbocycles. The van der Waals surface area contributed by atoms with E-state index in [2.05, 4.69) is 32.0 Å². The van der Waals surface area contributed by atoms with Crippen LogP contribution >= 0.6 is 39.0 Å². The Morgan fingerprint density at radius 1 is 1.60 bits per heavy atom. The van der Waals surface area contributed by atoms with Crippen LogP contribution in [-0.2, 0) is 4.74 Å². The van der Waals surface area contributed by atoms with E-state index in [0.717, 1.165) is 18.1 Å². The topological polar surface area (TPSA) is 21.3 Å². The summed E-state index contributed by atoms with van der Waals surface area (Å²) in [6, 6.07) is 0.304. The summed E-state index contributed by atoms with van der Waals surface area (Å²) in [6.07, 6.45) is 0.291. The van der Waals surface area contributed by atoms with E-state index in [0.29, 0.717) is 12.1 Å². The molecule has 1 saturated heterocycles. The molecule has 0 amide bonds. The maximum absolute atomic E-state index is 5.81. The van der Waals surface area contributed by atoms with Gasteiger partial charge in [0, 0.05) is 21.4 Å². The average molecular weight is 308 g/mol. The molecular weight excluding hydrogens is 294 g/mol. The van der Waals surface area contributed by atoms with Crippen LogP contribution < -0.4 is 5.32 Å². The molecule has 1 aromatic rings. The molecule has 2 atom stereocenters. The lowest BCUT2D eigenvalue weighted by molar-refractivity contribution is 0.0488. The smallest absolute Gasteiger partial charge is 0.0860 e. The number of thioether (sulfide) groups is 1. The van der Waals surface area contributed by atoms with Crippen molar-refractivity contribution >= 4 is 39.0 Å². The van der Waals surface area contributed by atoms with Crippen LogP contribution in [0.15, 0.2) is 15.2 Å². The van der Waals surface area contributed by atoms with Gasteiger partial charge in [-0.15, -0.1) is 0 Å². The Kier molecular flexibility index (Phi) is 4.52. The Labute approximate surface area is 107 Å². The average Bonchev–Trinajstić information content (AvgIpc) is 2.68. The summed E-state index contributed by atoms with van der Waals surface area (Å²) in [6.45, 7) is 0.870. The van der Waals surface area contributed by atoms with Gasteiger partial charge < -0.3 is 10.1 Å². The van der Waals surface area contributed by atoms with Crippen molar-refractivity contribution in [2.75, 3.05) is 25.2 Å². The first-order valence-corrected chi connectivity index (χ1v) is 7.80. The Bertz CT molecular complexity index is 312. The predicted octanol–water partition coefficient (Wildman–Crippen LogP) is 2.90. The van der Waals surface area contributed by atoms with Crippen molar-refractivity contribution < 1.29 is 4.74 Å². The van der Waals surface area contributed by atoms with E-state index in [1.807, 2.05) is 18.8 Å². The van der Waals surface area contributed by atoms with Crippen LogP contribution in [0.4, 0.5) is 0 Å². The lowest BCUT2D eigenvalue weighted by Gasteiger charge is -2.30. The van der Waals surface area contributed by atoms with Gasteiger partial charge >= 0.3 is 0 Å². The van der Waals surface area contributed by atoms with Crippen LogP contribution in [-0.4, -0.2) is 31.3 Å². The number of rotatable bonds is 3. The number of thiophene rings is 1. The standard InChI is InChI=1S/C10H14BrNOS2/c1-12-10(7-4-15-5-8(7)11)9-6-14-3-2-13-9/h4-5,9-10,12H,2-3,6H2,1H3. The SMILES string of the molecule is CNC(c1cscc1Br)C1CSCCO1. The van der Waals surface area contributed by atoms with Gasteiger partial charge in [0.15, 0.2) is 0 Å². The van der Waals surface area contributed by atoms with E-state index < -0.39 is 0 Å². The molecule has 2 heterocycles. The lowest BCUT2D eigenvalue weighted by atomic mass is 10.1. The summed E-state index contributed by atoms with van der Waals surface area (Å²) >= 11 is 7.28. The normalized spacial score (nSPS) is 24.0. The molecule has 0 radical (unpaired) electrons. The van der Waals surface area contributed by atoms with Crippen molar-refractivity contribution in [3.8, 4) is 0 Å². The second-order valence-corrected chi connectivity index (χ2v) is 6.17. The summed E-state index contributed by atoms with van der Waals surface area (Å²) in [5.74, 6) is 2.20. The molecule has 1 N–H and O–H groups in total. The molecule has 0 saturated carbocycles. The fourth-order valence-corrected chi connectivity index (χ4v) is 4.24. The Morgan fingerprint density at radius 3 is 3.00 bits per heavy atom. The molecule has 1 aliphatic heterocycles. The third-order valence-electron chi connectivity index (χ3n) is 2.50. The van der Waals surface area contributed by atoms with Gasteiger partial charge in [-0.05, 0) is 33.9 Å². The highest BCUT2D eigenvalue weighted by molar-refractivity contribution is 9.10. The molecule has 2 nitrogen and oxygen atoms in total. The number of hydrogen-bond acceptors (Lipinski definition) is 4. The largest absolute Gasteiger partial charge is 0.375 e. The summed E-state index contributed by atoms with van der Waals surface area (Å²) in [7, 11) is 2.00. The zero-order valence-corrected chi connectivity index (χ0v) is 11.8. The molecule has 0 aliphatic carbocycles. The molecule has 0 spiro atoms. The molecule has 0 bridgehead atoms. The number of nitrogens with one attached hydrogen (secondary N) is 1. The molecule has 5 heteroatoms. The zero-order chi connectivity index (χ0) is 10.7. The number of ether oxygens (including phenoxy) is 1. The Morgan fingerprint density at radius 2 is 2.47 bits per heavy atom. The first kappa shape index (κ1) is 11.9. The van der Waals surface area contributed by atoms with E-state index in [9.17, 15) is 0 Å². The third-order valence-corrected chi connectivity index (χ3v) is 5.27. The molecule has 1 fully saturated rings. The van der Waals surface area contributed by atoms with Crippen LogP contribution in [0.25, 0.3) is 0 Å². The van der Waals surface area contributed by atoms with Gasteiger partial charge in [-0.3, -0.25) is 0 Å². The monoisotopic (exact) mass is 307 g/mol. The minimum atomic E-state index is 0.291. The van der Waals surface area contributed by atoms with E-state index in [-0.39, 0.29) is 0 Å². The number of likely N-dealkylation sites (N-methyl/N-ethyl adjacent to an activating group) is 1. The van der Waals surface area contributed by atoms with Gasteiger partial charge in [0.25, 0.3) is 0 Å². The molecule has 2 rings (SSSR count). The van der Waals surface area contributed by atoms with Gasteiger partial charge in [-0.1, -0.05) is 0 Å². The number of hydrogen-bond donors (Lipinski definition) is 1. The van der Waals surface area contributed by atoms with Crippen molar-refractivity contribution in [1.82, 2.24) is 5.32 Å². The van der Waals surface area contributed by atoms with Gasteiger partial charge in [0.2, 0.25) is 0 Å². The van der Waals surface area contributed by atoms with Crippen LogP contribution in [0.3, 0.4) is 0 Å². The highest BCUT2D eigenvalue weighted by Gasteiger charge is 2.26. The van der Waals surface area contributed by atoms with E-state index in [1.165, 1.54) is 10.0 Å². The summed E-state index contributed by atoms with van der Waals surface area (Å²) < 4.78 is 7.00.